The molecule has 4 heteroatoms. The summed E-state index contributed by atoms with van der Waals surface area (Å²) in [5.74, 6) is 1.44. The lowest BCUT2D eigenvalue weighted by Crippen LogP contribution is -2.11. The fraction of sp³-hybridized carbons (Fsp3) is 0.450. The molecule has 1 atom stereocenters. The van der Waals surface area contributed by atoms with E-state index in [9.17, 15) is 4.79 Å². The average Bonchev–Trinajstić information content (AvgIpc) is 3.00. The number of carbonyl (C=O) groups excluding carboxylic acids is 1. The summed E-state index contributed by atoms with van der Waals surface area (Å²) >= 11 is 0. The number of hydrogen-bond donors (Lipinski definition) is 0. The van der Waals surface area contributed by atoms with Crippen molar-refractivity contribution in [1.29, 1.82) is 0 Å². The molecule has 0 saturated carbocycles. The minimum atomic E-state index is -0.284. The summed E-state index contributed by atoms with van der Waals surface area (Å²) in [5.41, 5.74) is 3.99. The van der Waals surface area contributed by atoms with Crippen LogP contribution in [-0.4, -0.2) is 27.2 Å². The maximum Gasteiger partial charge on any atom is 0.341 e. The highest BCUT2D eigenvalue weighted by molar-refractivity contribution is 5.93. The van der Waals surface area contributed by atoms with Crippen LogP contribution in [0.15, 0.2) is 28.7 Å². The second-order valence-electron chi connectivity index (χ2n) is 6.65. The Labute approximate surface area is 143 Å². The van der Waals surface area contributed by atoms with Gasteiger partial charge in [0, 0.05) is 37.7 Å². The summed E-state index contributed by atoms with van der Waals surface area (Å²) in [5, 5.41) is 0. The lowest BCUT2D eigenvalue weighted by Gasteiger charge is -2.15. The fourth-order valence-corrected chi connectivity index (χ4v) is 3.43. The molecule has 0 spiro atoms. The smallest absolute Gasteiger partial charge is 0.341 e. The van der Waals surface area contributed by atoms with Crippen LogP contribution in [0.25, 0.3) is 0 Å². The molecule has 0 aliphatic heterocycles. The maximum absolute atomic E-state index is 12.4. The minimum absolute atomic E-state index is 0.0147. The van der Waals surface area contributed by atoms with Crippen molar-refractivity contribution in [3.63, 3.8) is 0 Å². The highest BCUT2D eigenvalue weighted by Crippen LogP contribution is 2.37. The molecule has 1 aromatic carbocycles. The summed E-state index contributed by atoms with van der Waals surface area (Å²) in [6.45, 7) is 2.08. The maximum atomic E-state index is 12.4. The van der Waals surface area contributed by atoms with Crippen molar-refractivity contribution >= 4 is 11.7 Å². The van der Waals surface area contributed by atoms with Gasteiger partial charge in [-0.3, -0.25) is 0 Å². The first-order chi connectivity index (χ1) is 11.5. The first-order valence-electron chi connectivity index (χ1n) is 8.53. The van der Waals surface area contributed by atoms with Crippen LogP contribution < -0.4 is 4.90 Å². The molecule has 0 amide bonds. The van der Waals surface area contributed by atoms with Crippen LogP contribution in [0.1, 0.15) is 58.7 Å². The number of nitrogens with zero attached hydrogens (tertiary/aromatic N) is 1. The first kappa shape index (κ1) is 16.6. The lowest BCUT2D eigenvalue weighted by molar-refractivity contribution is 0.0596. The monoisotopic (exact) mass is 327 g/mol. The molecule has 4 nitrogen and oxygen atoms in total. The summed E-state index contributed by atoms with van der Waals surface area (Å²) in [6, 6.07) is 8.38. The van der Waals surface area contributed by atoms with Gasteiger partial charge in [0.05, 0.1) is 7.11 Å². The van der Waals surface area contributed by atoms with Crippen LogP contribution in [0, 0.1) is 0 Å². The number of methoxy groups -OCH3 is 1. The van der Waals surface area contributed by atoms with E-state index < -0.39 is 0 Å². The van der Waals surface area contributed by atoms with Gasteiger partial charge in [-0.2, -0.15) is 0 Å². The molecule has 1 aliphatic rings. The third kappa shape index (κ3) is 2.93. The molecule has 3 rings (SSSR count). The van der Waals surface area contributed by atoms with Gasteiger partial charge in [-0.1, -0.05) is 19.1 Å². The number of fused-ring (bicyclic) bond motifs is 1. The molecule has 1 aliphatic carbocycles. The van der Waals surface area contributed by atoms with Crippen molar-refractivity contribution in [2.75, 3.05) is 26.1 Å². The summed E-state index contributed by atoms with van der Waals surface area (Å²) < 4.78 is 11.2. The predicted molar refractivity (Wildman–Crippen MR) is 95.0 cm³/mol. The number of aryl methyl sites for hydroxylation is 1. The highest BCUT2D eigenvalue weighted by atomic mass is 16.5. The fourth-order valence-electron chi connectivity index (χ4n) is 3.43. The van der Waals surface area contributed by atoms with Gasteiger partial charge in [-0.05, 0) is 37.0 Å². The normalized spacial score (nSPS) is 14.8. The first-order valence-corrected chi connectivity index (χ1v) is 8.53. The standard InChI is InChI=1S/C20H25NO3/c1-13(14-9-11-15(12-10-14)21(2)3)19-18(20(22)23-4)16-7-5-6-8-17(16)24-19/h9-13H,5-8H2,1-4H3. The van der Waals surface area contributed by atoms with Gasteiger partial charge in [-0.15, -0.1) is 0 Å². The second-order valence-corrected chi connectivity index (χ2v) is 6.65. The van der Waals surface area contributed by atoms with E-state index >= 15 is 0 Å². The van der Waals surface area contributed by atoms with E-state index in [-0.39, 0.29) is 11.9 Å². The van der Waals surface area contributed by atoms with Crippen LogP contribution >= 0.6 is 0 Å². The van der Waals surface area contributed by atoms with Crippen LogP contribution in [0.4, 0.5) is 5.69 Å². The number of hydrogen-bond acceptors (Lipinski definition) is 4. The van der Waals surface area contributed by atoms with Crippen LogP contribution in [0.2, 0.25) is 0 Å². The Morgan fingerprint density at radius 1 is 1.17 bits per heavy atom. The predicted octanol–water partition coefficient (Wildman–Crippen LogP) is 4.16. The molecule has 0 fully saturated rings. The molecule has 24 heavy (non-hydrogen) atoms. The Kier molecular flexibility index (Phi) is 4.65. The molecular weight excluding hydrogens is 302 g/mol. The van der Waals surface area contributed by atoms with Crippen molar-refractivity contribution in [2.45, 2.75) is 38.5 Å². The zero-order chi connectivity index (χ0) is 17.3. The topological polar surface area (TPSA) is 42.7 Å². The van der Waals surface area contributed by atoms with E-state index in [1.54, 1.807) is 0 Å². The van der Waals surface area contributed by atoms with Gasteiger partial charge in [0.2, 0.25) is 0 Å². The van der Waals surface area contributed by atoms with Crippen LogP contribution in [0.3, 0.4) is 0 Å². The quantitative estimate of drug-likeness (QED) is 0.791. The number of rotatable bonds is 4. The molecule has 0 radical (unpaired) electrons. The third-order valence-corrected chi connectivity index (χ3v) is 4.89. The molecule has 0 saturated heterocycles. The molecule has 2 aromatic rings. The van der Waals surface area contributed by atoms with Crippen molar-refractivity contribution in [1.82, 2.24) is 0 Å². The van der Waals surface area contributed by atoms with Gasteiger partial charge >= 0.3 is 5.97 Å². The summed E-state index contributed by atoms with van der Waals surface area (Å²) in [7, 11) is 5.48. The zero-order valence-corrected chi connectivity index (χ0v) is 14.9. The van der Waals surface area contributed by atoms with E-state index in [0.29, 0.717) is 5.56 Å². The highest BCUT2D eigenvalue weighted by Gasteiger charge is 2.30. The lowest BCUT2D eigenvalue weighted by atomic mass is 9.90. The van der Waals surface area contributed by atoms with E-state index in [1.165, 1.54) is 7.11 Å². The minimum Gasteiger partial charge on any atom is -0.465 e. The Morgan fingerprint density at radius 3 is 2.46 bits per heavy atom. The Morgan fingerprint density at radius 2 is 1.83 bits per heavy atom. The second kappa shape index (κ2) is 6.71. The summed E-state index contributed by atoms with van der Waals surface area (Å²) in [4.78, 5) is 14.4. The van der Waals surface area contributed by atoms with Gasteiger partial charge in [0.25, 0.3) is 0 Å². The molecular formula is C20H25NO3. The van der Waals surface area contributed by atoms with E-state index in [1.807, 2.05) is 14.1 Å². The van der Waals surface area contributed by atoms with Gasteiger partial charge in [-0.25, -0.2) is 4.79 Å². The van der Waals surface area contributed by atoms with Gasteiger partial charge < -0.3 is 14.1 Å². The molecule has 0 N–H and O–H groups in total. The Balaban J connectivity index is 2.01. The average molecular weight is 327 g/mol. The summed E-state index contributed by atoms with van der Waals surface area (Å²) in [6.07, 6.45) is 4.02. The number of carbonyl (C=O) groups is 1. The molecule has 1 unspecified atom stereocenters. The van der Waals surface area contributed by atoms with Crippen LogP contribution in [0.5, 0.6) is 0 Å². The van der Waals surface area contributed by atoms with Gasteiger partial charge in [0.1, 0.15) is 17.1 Å². The molecule has 1 heterocycles. The SMILES string of the molecule is COC(=O)c1c(C(C)c2ccc(N(C)C)cc2)oc2c1CCCC2. The number of benzene rings is 1. The number of esters is 1. The van der Waals surface area contributed by atoms with Crippen molar-refractivity contribution in [2.24, 2.45) is 0 Å². The molecule has 0 bridgehead atoms. The van der Waals surface area contributed by atoms with Gasteiger partial charge in [0.15, 0.2) is 0 Å². The molecule has 1 aromatic heterocycles. The number of ether oxygens (including phenoxy) is 1. The number of anilines is 1. The third-order valence-electron chi connectivity index (χ3n) is 4.89. The van der Waals surface area contributed by atoms with Crippen molar-refractivity contribution < 1.29 is 13.9 Å². The van der Waals surface area contributed by atoms with E-state index in [0.717, 1.165) is 54.0 Å². The van der Waals surface area contributed by atoms with Crippen molar-refractivity contribution in [3.05, 3.63) is 52.5 Å². The zero-order valence-electron chi connectivity index (χ0n) is 14.9. The number of furan rings is 1. The van der Waals surface area contributed by atoms with Crippen molar-refractivity contribution in [3.8, 4) is 0 Å². The van der Waals surface area contributed by atoms with Crippen LogP contribution in [-0.2, 0) is 17.6 Å². The largest absolute Gasteiger partial charge is 0.465 e. The molecule has 128 valence electrons. The Bertz CT molecular complexity index is 728. The van der Waals surface area contributed by atoms with E-state index in [2.05, 4.69) is 36.1 Å². The Hall–Kier alpha value is -2.23. The van der Waals surface area contributed by atoms with E-state index in [4.69, 9.17) is 9.15 Å².